The maximum Gasteiger partial charge on any atom is 0.0946 e. The molecule has 3 heteroatoms. The van der Waals surface area contributed by atoms with Crippen LogP contribution in [0.4, 0.5) is 0 Å². The molecule has 0 aliphatic carbocycles. The normalized spacial score (nSPS) is 12.4. The van der Waals surface area contributed by atoms with E-state index < -0.39 is 0 Å². The quantitative estimate of drug-likeness (QED) is 0.396. The summed E-state index contributed by atoms with van der Waals surface area (Å²) in [5, 5.41) is 2.91. The summed E-state index contributed by atoms with van der Waals surface area (Å²) in [6.45, 7) is 5.25. The third kappa shape index (κ3) is 3.68. The number of benzene rings is 3. The van der Waals surface area contributed by atoms with Gasteiger partial charge in [0, 0.05) is 23.8 Å². The van der Waals surface area contributed by atoms with E-state index in [1.807, 2.05) is 30.5 Å². The molecule has 3 aromatic carbocycles. The smallest absolute Gasteiger partial charge is 0.0946 e. The predicted molar refractivity (Wildman–Crippen MR) is 111 cm³/mol. The average Bonchev–Trinajstić information content (AvgIpc) is 3.17. The Hall–Kier alpha value is -2.52. The lowest BCUT2D eigenvalue weighted by molar-refractivity contribution is 0.683. The number of aryl methyl sites for hydroxylation is 2. The van der Waals surface area contributed by atoms with Crippen molar-refractivity contribution in [3.05, 3.63) is 96.1 Å². The molecule has 4 rings (SSSR count). The minimum absolute atomic E-state index is 0.328. The minimum Gasteiger partial charge on any atom is -0.336 e. The highest BCUT2D eigenvalue weighted by Crippen LogP contribution is 2.39. The molecule has 0 bridgehead atoms. The van der Waals surface area contributed by atoms with Gasteiger partial charge >= 0.3 is 0 Å². The molecule has 0 aliphatic heterocycles. The first-order chi connectivity index (χ1) is 12.7. The van der Waals surface area contributed by atoms with Crippen molar-refractivity contribution in [2.75, 3.05) is 0 Å². The molecular weight excluding hydrogens is 336 g/mol. The number of nitrogens with zero attached hydrogens (tertiary/aromatic N) is 2. The maximum atomic E-state index is 4.21. The van der Waals surface area contributed by atoms with Crippen LogP contribution in [-0.2, 0) is 6.54 Å². The molecule has 4 aromatic rings. The van der Waals surface area contributed by atoms with E-state index in [9.17, 15) is 0 Å². The number of aromatic nitrogens is 2. The average molecular weight is 359 g/mol. The van der Waals surface area contributed by atoms with Crippen LogP contribution < -0.4 is 0 Å². The molecule has 0 fully saturated rings. The lowest BCUT2D eigenvalue weighted by Crippen LogP contribution is -2.05. The van der Waals surface area contributed by atoms with E-state index in [0.717, 1.165) is 6.54 Å². The first-order valence-electron chi connectivity index (χ1n) is 8.87. The fourth-order valence-corrected chi connectivity index (χ4v) is 4.54. The molecule has 1 unspecified atom stereocenters. The molecule has 1 atom stereocenters. The second-order valence-electron chi connectivity index (χ2n) is 6.74. The molecule has 1 aromatic heterocycles. The van der Waals surface area contributed by atoms with Gasteiger partial charge in [-0.25, -0.2) is 4.98 Å². The second kappa shape index (κ2) is 7.38. The Morgan fingerprint density at radius 3 is 2.62 bits per heavy atom. The van der Waals surface area contributed by atoms with Gasteiger partial charge in [0.25, 0.3) is 0 Å². The topological polar surface area (TPSA) is 17.8 Å². The zero-order chi connectivity index (χ0) is 17.9. The van der Waals surface area contributed by atoms with Gasteiger partial charge in [0.05, 0.1) is 11.6 Å². The van der Waals surface area contributed by atoms with Crippen LogP contribution in [-0.4, -0.2) is 9.55 Å². The van der Waals surface area contributed by atoms with Crippen molar-refractivity contribution < 1.29 is 0 Å². The van der Waals surface area contributed by atoms with Crippen molar-refractivity contribution in [1.29, 1.82) is 0 Å². The van der Waals surface area contributed by atoms with Crippen LogP contribution in [0, 0.1) is 13.8 Å². The van der Waals surface area contributed by atoms with Crippen LogP contribution in [0.25, 0.3) is 10.8 Å². The molecule has 26 heavy (non-hydrogen) atoms. The maximum absolute atomic E-state index is 4.21. The van der Waals surface area contributed by atoms with Gasteiger partial charge in [-0.2, -0.15) is 0 Å². The number of thioether (sulfide) groups is 1. The Morgan fingerprint density at radius 1 is 0.962 bits per heavy atom. The van der Waals surface area contributed by atoms with Crippen LogP contribution in [0.2, 0.25) is 0 Å². The summed E-state index contributed by atoms with van der Waals surface area (Å²) in [6, 6.07) is 22.1. The number of rotatable bonds is 5. The van der Waals surface area contributed by atoms with Crippen LogP contribution in [0.5, 0.6) is 0 Å². The SMILES string of the molecule is Cc1ccc(C)c(SC(Cn2ccnc2)c2ccc3ccccc3c2)c1. The lowest BCUT2D eigenvalue weighted by atomic mass is 10.0. The highest BCUT2D eigenvalue weighted by molar-refractivity contribution is 7.99. The Kier molecular flexibility index (Phi) is 4.81. The molecule has 0 spiro atoms. The third-order valence-corrected chi connectivity index (χ3v) is 6.09. The second-order valence-corrected chi connectivity index (χ2v) is 7.99. The Balaban J connectivity index is 1.72. The highest BCUT2D eigenvalue weighted by atomic mass is 32.2. The molecule has 0 saturated heterocycles. The van der Waals surface area contributed by atoms with Crippen LogP contribution in [0.1, 0.15) is 21.9 Å². The van der Waals surface area contributed by atoms with Crippen molar-refractivity contribution in [3.8, 4) is 0 Å². The molecule has 1 heterocycles. The van der Waals surface area contributed by atoms with Crippen LogP contribution in [0.15, 0.2) is 84.3 Å². The molecule has 0 N–H and O–H groups in total. The predicted octanol–water partition coefficient (Wildman–Crippen LogP) is 6.19. The number of hydrogen-bond acceptors (Lipinski definition) is 2. The van der Waals surface area contributed by atoms with Crippen molar-refractivity contribution in [2.45, 2.75) is 30.5 Å². The zero-order valence-corrected chi connectivity index (χ0v) is 15.9. The van der Waals surface area contributed by atoms with Crippen molar-refractivity contribution in [2.24, 2.45) is 0 Å². The molecule has 0 aliphatic rings. The van der Waals surface area contributed by atoms with Crippen molar-refractivity contribution >= 4 is 22.5 Å². The highest BCUT2D eigenvalue weighted by Gasteiger charge is 2.16. The fraction of sp³-hybridized carbons (Fsp3) is 0.174. The molecule has 130 valence electrons. The summed E-state index contributed by atoms with van der Waals surface area (Å²) >= 11 is 1.94. The summed E-state index contributed by atoms with van der Waals surface area (Å²) in [5.74, 6) is 0. The molecular formula is C23H22N2S. The number of hydrogen-bond donors (Lipinski definition) is 0. The largest absolute Gasteiger partial charge is 0.336 e. The van der Waals surface area contributed by atoms with E-state index in [1.54, 1.807) is 0 Å². The number of fused-ring (bicyclic) bond motifs is 1. The summed E-state index contributed by atoms with van der Waals surface area (Å²) in [7, 11) is 0. The molecule has 2 nitrogen and oxygen atoms in total. The minimum atomic E-state index is 0.328. The summed E-state index contributed by atoms with van der Waals surface area (Å²) in [4.78, 5) is 5.56. The standard InChI is InChI=1S/C23H22N2S/c1-17-7-8-18(2)22(13-17)26-23(15-25-12-11-24-16-25)21-10-9-19-5-3-4-6-20(19)14-21/h3-14,16,23H,15H2,1-2H3. The summed E-state index contributed by atoms with van der Waals surface area (Å²) < 4.78 is 2.16. The monoisotopic (exact) mass is 358 g/mol. The summed E-state index contributed by atoms with van der Waals surface area (Å²) in [5.41, 5.74) is 3.98. The van der Waals surface area contributed by atoms with Gasteiger partial charge < -0.3 is 4.57 Å². The van der Waals surface area contributed by atoms with E-state index in [1.165, 1.54) is 32.4 Å². The molecule has 0 saturated carbocycles. The van der Waals surface area contributed by atoms with E-state index >= 15 is 0 Å². The summed E-state index contributed by atoms with van der Waals surface area (Å²) in [6.07, 6.45) is 5.79. The molecule has 0 radical (unpaired) electrons. The van der Waals surface area contributed by atoms with Crippen molar-refractivity contribution in [1.82, 2.24) is 9.55 Å². The van der Waals surface area contributed by atoms with Crippen molar-refractivity contribution in [3.63, 3.8) is 0 Å². The lowest BCUT2D eigenvalue weighted by Gasteiger charge is -2.20. The Bertz CT molecular complexity index is 1020. The van der Waals surface area contributed by atoms with E-state index in [4.69, 9.17) is 0 Å². The zero-order valence-electron chi connectivity index (χ0n) is 15.1. The van der Waals surface area contributed by atoms with Gasteiger partial charge in [-0.15, -0.1) is 11.8 Å². The number of imidazole rings is 1. The van der Waals surface area contributed by atoms with Crippen LogP contribution >= 0.6 is 11.8 Å². The first-order valence-corrected chi connectivity index (χ1v) is 9.75. The first kappa shape index (κ1) is 16.9. The van der Waals surface area contributed by atoms with Gasteiger partial charge in [-0.3, -0.25) is 0 Å². The molecule has 0 amide bonds. The van der Waals surface area contributed by atoms with Gasteiger partial charge in [0.1, 0.15) is 0 Å². The van der Waals surface area contributed by atoms with Crippen LogP contribution in [0.3, 0.4) is 0 Å². The fourth-order valence-electron chi connectivity index (χ4n) is 3.19. The van der Waals surface area contributed by atoms with Gasteiger partial charge in [-0.1, -0.05) is 54.1 Å². The Labute approximate surface area is 158 Å². The van der Waals surface area contributed by atoms with Gasteiger partial charge in [0.15, 0.2) is 0 Å². The van der Waals surface area contributed by atoms with E-state index in [-0.39, 0.29) is 0 Å². The van der Waals surface area contributed by atoms with E-state index in [0.29, 0.717) is 5.25 Å². The van der Waals surface area contributed by atoms with E-state index in [2.05, 4.69) is 84.1 Å². The van der Waals surface area contributed by atoms with Gasteiger partial charge in [0.2, 0.25) is 0 Å². The third-order valence-electron chi connectivity index (χ3n) is 4.69. The van der Waals surface area contributed by atoms with Gasteiger partial charge in [-0.05, 0) is 47.9 Å². The Morgan fingerprint density at radius 2 is 1.81 bits per heavy atom.